The average Bonchev–Trinajstić information content (AvgIpc) is 2.26. The fourth-order valence-electron chi connectivity index (χ4n) is 1.38. The van der Waals surface area contributed by atoms with E-state index in [0.717, 1.165) is 6.42 Å². The largest absolute Gasteiger partial charge is 0.480 e. The van der Waals surface area contributed by atoms with E-state index >= 15 is 0 Å². The molecule has 0 aromatic heterocycles. The van der Waals surface area contributed by atoms with Crippen LogP contribution in [0.4, 0.5) is 0 Å². The van der Waals surface area contributed by atoms with Crippen molar-refractivity contribution in [1.29, 1.82) is 0 Å². The van der Waals surface area contributed by atoms with Gasteiger partial charge in [0.25, 0.3) is 0 Å². The SMILES string of the molecule is CC=CCC(N)=NCCC(C)C[C@H](N)C(=O)O. The van der Waals surface area contributed by atoms with Crippen LogP contribution < -0.4 is 11.5 Å². The second kappa shape index (κ2) is 8.75. The summed E-state index contributed by atoms with van der Waals surface area (Å²) in [5.41, 5.74) is 11.1. The molecule has 5 nitrogen and oxygen atoms in total. The van der Waals surface area contributed by atoms with Gasteiger partial charge in [0.1, 0.15) is 6.04 Å². The Kier molecular flexibility index (Phi) is 8.05. The van der Waals surface area contributed by atoms with Crippen LogP contribution >= 0.6 is 0 Å². The highest BCUT2D eigenvalue weighted by atomic mass is 16.4. The Morgan fingerprint density at radius 3 is 2.71 bits per heavy atom. The molecule has 5 N–H and O–H groups in total. The van der Waals surface area contributed by atoms with Gasteiger partial charge in [-0.3, -0.25) is 9.79 Å². The zero-order chi connectivity index (χ0) is 13.3. The summed E-state index contributed by atoms with van der Waals surface area (Å²) in [7, 11) is 0. The van der Waals surface area contributed by atoms with Crippen molar-refractivity contribution in [1.82, 2.24) is 0 Å². The molecule has 0 radical (unpaired) electrons. The number of rotatable bonds is 8. The van der Waals surface area contributed by atoms with Gasteiger partial charge in [-0.25, -0.2) is 0 Å². The Morgan fingerprint density at radius 1 is 1.53 bits per heavy atom. The van der Waals surface area contributed by atoms with Crippen molar-refractivity contribution in [3.63, 3.8) is 0 Å². The normalized spacial score (nSPS) is 16.1. The highest BCUT2D eigenvalue weighted by Gasteiger charge is 2.14. The summed E-state index contributed by atoms with van der Waals surface area (Å²) in [6.07, 6.45) is 5.82. The van der Waals surface area contributed by atoms with E-state index in [2.05, 4.69) is 4.99 Å². The van der Waals surface area contributed by atoms with Crippen LogP contribution in [0.25, 0.3) is 0 Å². The maximum atomic E-state index is 10.6. The maximum Gasteiger partial charge on any atom is 0.320 e. The molecule has 0 bridgehead atoms. The summed E-state index contributed by atoms with van der Waals surface area (Å²) in [4.78, 5) is 14.8. The number of carbonyl (C=O) groups is 1. The Morgan fingerprint density at radius 2 is 2.18 bits per heavy atom. The number of amidine groups is 1. The minimum Gasteiger partial charge on any atom is -0.480 e. The first-order chi connectivity index (χ1) is 7.97. The summed E-state index contributed by atoms with van der Waals surface area (Å²) >= 11 is 0. The van der Waals surface area contributed by atoms with E-state index in [-0.39, 0.29) is 5.92 Å². The van der Waals surface area contributed by atoms with Crippen molar-refractivity contribution in [2.75, 3.05) is 6.54 Å². The van der Waals surface area contributed by atoms with Crippen LogP contribution in [0.2, 0.25) is 0 Å². The van der Waals surface area contributed by atoms with Gasteiger partial charge in [-0.05, 0) is 25.7 Å². The third-order valence-electron chi connectivity index (χ3n) is 2.47. The van der Waals surface area contributed by atoms with Crippen LogP contribution in [0.3, 0.4) is 0 Å². The summed E-state index contributed by atoms with van der Waals surface area (Å²) in [5, 5.41) is 8.66. The summed E-state index contributed by atoms with van der Waals surface area (Å²) in [6.45, 7) is 4.53. The van der Waals surface area contributed by atoms with Gasteiger partial charge in [-0.2, -0.15) is 0 Å². The molecule has 0 aliphatic carbocycles. The number of carboxylic acid groups (broad SMARTS) is 1. The van der Waals surface area contributed by atoms with E-state index in [9.17, 15) is 4.79 Å². The molecule has 17 heavy (non-hydrogen) atoms. The number of nitrogens with zero attached hydrogens (tertiary/aromatic N) is 1. The highest BCUT2D eigenvalue weighted by Crippen LogP contribution is 2.09. The van der Waals surface area contributed by atoms with Crippen LogP contribution in [0.15, 0.2) is 17.1 Å². The number of nitrogens with two attached hydrogens (primary N) is 2. The third kappa shape index (κ3) is 8.45. The van der Waals surface area contributed by atoms with Gasteiger partial charge in [0, 0.05) is 13.0 Å². The van der Waals surface area contributed by atoms with Crippen molar-refractivity contribution in [2.24, 2.45) is 22.4 Å². The molecule has 0 aliphatic rings. The number of hydrogen-bond acceptors (Lipinski definition) is 3. The number of allylic oxidation sites excluding steroid dienone is 1. The average molecular weight is 241 g/mol. The quantitative estimate of drug-likeness (QED) is 0.337. The van der Waals surface area contributed by atoms with Gasteiger partial charge in [-0.15, -0.1) is 0 Å². The fraction of sp³-hybridized carbons (Fsp3) is 0.667. The van der Waals surface area contributed by atoms with Gasteiger partial charge in [0.2, 0.25) is 0 Å². The van der Waals surface area contributed by atoms with Gasteiger partial charge < -0.3 is 16.6 Å². The molecule has 0 heterocycles. The van der Waals surface area contributed by atoms with Gasteiger partial charge >= 0.3 is 5.97 Å². The zero-order valence-corrected chi connectivity index (χ0v) is 10.6. The fourth-order valence-corrected chi connectivity index (χ4v) is 1.38. The Hall–Kier alpha value is -1.36. The molecule has 0 rings (SSSR count). The summed E-state index contributed by atoms with van der Waals surface area (Å²) in [5.74, 6) is -0.106. The first kappa shape index (κ1) is 15.6. The lowest BCUT2D eigenvalue weighted by Crippen LogP contribution is -2.32. The van der Waals surface area contributed by atoms with Gasteiger partial charge in [-0.1, -0.05) is 19.1 Å². The summed E-state index contributed by atoms with van der Waals surface area (Å²) < 4.78 is 0. The predicted molar refractivity (Wildman–Crippen MR) is 69.9 cm³/mol. The monoisotopic (exact) mass is 241 g/mol. The molecule has 0 saturated carbocycles. The van der Waals surface area contributed by atoms with Gasteiger partial charge in [0.15, 0.2) is 0 Å². The topological polar surface area (TPSA) is 102 Å². The molecule has 0 amide bonds. The molecule has 98 valence electrons. The highest BCUT2D eigenvalue weighted by molar-refractivity contribution is 5.81. The Balaban J connectivity index is 3.84. The van der Waals surface area contributed by atoms with Gasteiger partial charge in [0.05, 0.1) is 5.84 Å². The lowest BCUT2D eigenvalue weighted by Gasteiger charge is -2.12. The summed E-state index contributed by atoms with van der Waals surface area (Å²) in [6, 6.07) is -0.783. The molecule has 0 spiro atoms. The van der Waals surface area contributed by atoms with Crippen molar-refractivity contribution in [3.05, 3.63) is 12.2 Å². The van der Waals surface area contributed by atoms with Crippen molar-refractivity contribution < 1.29 is 9.90 Å². The molecule has 0 saturated heterocycles. The number of aliphatic imine (C=N–C) groups is 1. The van der Waals surface area contributed by atoms with E-state index in [1.807, 2.05) is 26.0 Å². The number of hydrogen-bond donors (Lipinski definition) is 3. The molecular formula is C12H23N3O2. The number of carboxylic acids is 1. The van der Waals surface area contributed by atoms with Crippen LogP contribution in [-0.2, 0) is 4.79 Å². The van der Waals surface area contributed by atoms with E-state index < -0.39 is 12.0 Å². The maximum absolute atomic E-state index is 10.6. The second-order valence-corrected chi connectivity index (χ2v) is 4.22. The second-order valence-electron chi connectivity index (χ2n) is 4.22. The third-order valence-corrected chi connectivity index (χ3v) is 2.47. The van der Waals surface area contributed by atoms with Crippen molar-refractivity contribution in [3.8, 4) is 0 Å². The van der Waals surface area contributed by atoms with E-state index in [1.54, 1.807) is 0 Å². The predicted octanol–water partition coefficient (Wildman–Crippen LogP) is 1.14. The Bertz CT molecular complexity index is 287. The first-order valence-corrected chi connectivity index (χ1v) is 5.85. The lowest BCUT2D eigenvalue weighted by molar-refractivity contribution is -0.138. The molecule has 1 unspecified atom stereocenters. The molecule has 0 fully saturated rings. The molecule has 2 atom stereocenters. The molecule has 0 aromatic rings. The van der Waals surface area contributed by atoms with E-state index in [4.69, 9.17) is 16.6 Å². The molecule has 0 aromatic carbocycles. The van der Waals surface area contributed by atoms with Crippen molar-refractivity contribution >= 4 is 11.8 Å². The van der Waals surface area contributed by atoms with Crippen LogP contribution in [-0.4, -0.2) is 29.5 Å². The first-order valence-electron chi connectivity index (χ1n) is 5.85. The minimum absolute atomic E-state index is 0.236. The minimum atomic E-state index is -0.951. The molecule has 5 heteroatoms. The Labute approximate surface area is 103 Å². The molecular weight excluding hydrogens is 218 g/mol. The van der Waals surface area contributed by atoms with E-state index in [1.165, 1.54) is 0 Å². The van der Waals surface area contributed by atoms with Crippen molar-refractivity contribution in [2.45, 2.75) is 39.2 Å². The number of aliphatic carboxylic acids is 1. The smallest absolute Gasteiger partial charge is 0.320 e. The van der Waals surface area contributed by atoms with Crippen LogP contribution in [0, 0.1) is 5.92 Å². The van der Waals surface area contributed by atoms with Crippen LogP contribution in [0.1, 0.15) is 33.1 Å². The lowest BCUT2D eigenvalue weighted by atomic mass is 9.99. The van der Waals surface area contributed by atoms with E-state index in [0.29, 0.717) is 25.2 Å². The zero-order valence-electron chi connectivity index (χ0n) is 10.6. The van der Waals surface area contributed by atoms with Crippen LogP contribution in [0.5, 0.6) is 0 Å². The standard InChI is InChI=1S/C12H23N3O2/c1-3-4-5-11(14)15-7-6-9(2)8-10(13)12(16)17/h3-4,9-10H,5-8,13H2,1-2H3,(H2,14,15)(H,16,17)/t9?,10-/m0/s1. The molecule has 0 aliphatic heterocycles.